The largest absolute Gasteiger partial charge is 0.505 e. The molecule has 0 spiro atoms. The number of aromatic hydroxyl groups is 1. The highest BCUT2D eigenvalue weighted by atomic mass is 35.5. The average molecular weight is 319 g/mol. The summed E-state index contributed by atoms with van der Waals surface area (Å²) in [5.74, 6) is -0.139. The molecular formula is C14H23ClN2O2S. The van der Waals surface area contributed by atoms with E-state index in [4.69, 9.17) is 17.3 Å². The number of anilines is 1. The predicted octanol–water partition coefficient (Wildman–Crippen LogP) is 2.86. The van der Waals surface area contributed by atoms with E-state index in [0.717, 1.165) is 25.9 Å². The molecule has 0 bridgehead atoms. The highest BCUT2D eigenvalue weighted by molar-refractivity contribution is 7.86. The molecule has 1 heterocycles. The van der Waals surface area contributed by atoms with Crippen LogP contribution in [0.25, 0.3) is 0 Å². The van der Waals surface area contributed by atoms with Crippen LogP contribution in [0.15, 0.2) is 17.0 Å². The van der Waals surface area contributed by atoms with E-state index in [9.17, 15) is 9.32 Å². The van der Waals surface area contributed by atoms with E-state index in [0.29, 0.717) is 5.02 Å². The molecule has 1 aromatic rings. The number of likely N-dealkylation sites (tertiary alicyclic amines) is 1. The van der Waals surface area contributed by atoms with Crippen LogP contribution in [0.5, 0.6) is 5.75 Å². The lowest BCUT2D eigenvalue weighted by atomic mass is 10.1. The minimum Gasteiger partial charge on any atom is -0.505 e. The van der Waals surface area contributed by atoms with Gasteiger partial charge in [0.1, 0.15) is 4.90 Å². The maximum absolute atomic E-state index is 12.5. The second kappa shape index (κ2) is 7.86. The molecule has 1 saturated heterocycles. The summed E-state index contributed by atoms with van der Waals surface area (Å²) in [4.78, 5) is 2.49. The molecule has 114 valence electrons. The van der Waals surface area contributed by atoms with E-state index in [1.807, 2.05) is 20.9 Å². The van der Waals surface area contributed by atoms with E-state index in [-0.39, 0.29) is 21.6 Å². The Balaban J connectivity index is 0.000000956. The van der Waals surface area contributed by atoms with Crippen molar-refractivity contribution in [3.63, 3.8) is 0 Å². The lowest BCUT2D eigenvalue weighted by Gasteiger charge is -2.28. The molecule has 1 aliphatic rings. The van der Waals surface area contributed by atoms with Crippen LogP contribution >= 0.6 is 11.6 Å². The van der Waals surface area contributed by atoms with Crippen LogP contribution in [0.2, 0.25) is 5.02 Å². The van der Waals surface area contributed by atoms with Crippen molar-refractivity contribution in [2.45, 2.75) is 36.8 Å². The van der Waals surface area contributed by atoms with Crippen molar-refractivity contribution in [2.24, 2.45) is 0 Å². The normalized spacial score (nSPS) is 18.2. The Hall–Kier alpha value is -0.780. The van der Waals surface area contributed by atoms with Crippen LogP contribution in [0.4, 0.5) is 5.69 Å². The van der Waals surface area contributed by atoms with Crippen molar-refractivity contribution >= 4 is 28.1 Å². The van der Waals surface area contributed by atoms with Gasteiger partial charge in [-0.2, -0.15) is 0 Å². The highest BCUT2D eigenvalue weighted by Gasteiger charge is 2.27. The first-order valence-electron chi connectivity index (χ1n) is 6.86. The summed E-state index contributed by atoms with van der Waals surface area (Å²) < 4.78 is 12.5. The second-order valence-electron chi connectivity index (χ2n) is 4.61. The first kappa shape index (κ1) is 17.3. The van der Waals surface area contributed by atoms with Gasteiger partial charge in [-0.25, -0.2) is 0 Å². The van der Waals surface area contributed by atoms with Crippen molar-refractivity contribution < 1.29 is 9.32 Å². The third-order valence-corrected chi connectivity index (χ3v) is 5.60. The van der Waals surface area contributed by atoms with E-state index in [1.54, 1.807) is 6.07 Å². The zero-order valence-corrected chi connectivity index (χ0v) is 13.8. The van der Waals surface area contributed by atoms with Gasteiger partial charge in [-0.1, -0.05) is 25.4 Å². The van der Waals surface area contributed by atoms with E-state index in [2.05, 4.69) is 4.90 Å². The van der Waals surface area contributed by atoms with Crippen LogP contribution < -0.4 is 5.73 Å². The maximum Gasteiger partial charge on any atom is 0.156 e. The highest BCUT2D eigenvalue weighted by Crippen LogP contribution is 2.36. The molecule has 3 N–H and O–H groups in total. The molecule has 0 radical (unpaired) electrons. The lowest BCUT2D eigenvalue weighted by molar-refractivity contribution is 0.280. The van der Waals surface area contributed by atoms with Gasteiger partial charge in [0.2, 0.25) is 0 Å². The first-order chi connectivity index (χ1) is 9.50. The number of phenols is 1. The van der Waals surface area contributed by atoms with Crippen LogP contribution in [0, 0.1) is 0 Å². The number of rotatable bonds is 2. The van der Waals surface area contributed by atoms with Crippen LogP contribution in [0.3, 0.4) is 0 Å². The molecule has 6 heteroatoms. The minimum absolute atomic E-state index is 0.0337. The number of benzene rings is 1. The van der Waals surface area contributed by atoms with E-state index < -0.39 is 10.8 Å². The monoisotopic (exact) mass is 318 g/mol. The number of halogens is 1. The fourth-order valence-corrected chi connectivity index (χ4v) is 4.04. The van der Waals surface area contributed by atoms with Gasteiger partial charge in [-0.15, -0.1) is 0 Å². The summed E-state index contributed by atoms with van der Waals surface area (Å²) in [6.07, 6.45) is 1.68. The number of nitrogens with zero attached hydrogens (tertiary/aromatic N) is 1. The van der Waals surface area contributed by atoms with Gasteiger partial charge in [0.25, 0.3) is 0 Å². The van der Waals surface area contributed by atoms with Gasteiger partial charge in [-0.05, 0) is 45.1 Å². The third kappa shape index (κ3) is 3.87. The molecule has 0 saturated carbocycles. The molecule has 0 aliphatic carbocycles. The summed E-state index contributed by atoms with van der Waals surface area (Å²) >= 11 is 6.03. The number of hydrogen-bond acceptors (Lipinski definition) is 4. The van der Waals surface area contributed by atoms with E-state index >= 15 is 0 Å². The minimum atomic E-state index is -1.31. The second-order valence-corrected chi connectivity index (χ2v) is 6.69. The summed E-state index contributed by atoms with van der Waals surface area (Å²) in [5, 5.41) is 10.3. The molecule has 0 aromatic heterocycles. The molecule has 1 aromatic carbocycles. The number of phenolic OH excluding ortho intramolecular Hbond substituents is 1. The van der Waals surface area contributed by atoms with Crippen LogP contribution in [0.1, 0.15) is 26.7 Å². The van der Waals surface area contributed by atoms with Gasteiger partial charge >= 0.3 is 0 Å². The van der Waals surface area contributed by atoms with E-state index in [1.165, 1.54) is 6.07 Å². The number of nitrogens with two attached hydrogens (primary N) is 1. The van der Waals surface area contributed by atoms with Gasteiger partial charge in [-0.3, -0.25) is 4.21 Å². The number of piperidine rings is 1. The van der Waals surface area contributed by atoms with Crippen molar-refractivity contribution in [3.8, 4) is 5.75 Å². The standard InChI is InChI=1S/C12H17ClN2O2S.C2H6/c1-15-6-4-8(5-7-15)18(17)12-9(13)2-3-10(14)11(12)16;1-2/h2-3,8,16H,4-7,14H2,1H3;1-2H3. The zero-order valence-electron chi connectivity index (χ0n) is 12.2. The first-order valence-corrected chi connectivity index (χ1v) is 8.46. The molecule has 1 fully saturated rings. The Morgan fingerprint density at radius 3 is 2.45 bits per heavy atom. The summed E-state index contributed by atoms with van der Waals surface area (Å²) in [5.41, 5.74) is 5.85. The van der Waals surface area contributed by atoms with Gasteiger partial charge in [0.05, 0.1) is 21.5 Å². The summed E-state index contributed by atoms with van der Waals surface area (Å²) in [6, 6.07) is 3.10. The van der Waals surface area contributed by atoms with Gasteiger partial charge in [0, 0.05) is 5.25 Å². The Morgan fingerprint density at radius 1 is 1.35 bits per heavy atom. The lowest BCUT2D eigenvalue weighted by Crippen LogP contribution is -2.35. The number of nitrogen functional groups attached to an aromatic ring is 1. The fraction of sp³-hybridized carbons (Fsp3) is 0.571. The summed E-state index contributed by atoms with van der Waals surface area (Å²) in [6.45, 7) is 5.83. The Morgan fingerprint density at radius 2 is 1.90 bits per heavy atom. The van der Waals surface area contributed by atoms with Gasteiger partial charge < -0.3 is 15.7 Å². The molecule has 4 nitrogen and oxygen atoms in total. The predicted molar refractivity (Wildman–Crippen MR) is 85.8 cm³/mol. The quantitative estimate of drug-likeness (QED) is 0.650. The topological polar surface area (TPSA) is 66.6 Å². The molecule has 0 amide bonds. The smallest absolute Gasteiger partial charge is 0.156 e. The van der Waals surface area contributed by atoms with Crippen LogP contribution in [-0.2, 0) is 10.8 Å². The summed E-state index contributed by atoms with van der Waals surface area (Å²) in [7, 11) is 0.739. The number of hydrogen-bond donors (Lipinski definition) is 2. The van der Waals surface area contributed by atoms with Crippen molar-refractivity contribution in [1.29, 1.82) is 0 Å². The average Bonchev–Trinajstić information content (AvgIpc) is 2.46. The molecule has 1 atom stereocenters. The molecular weight excluding hydrogens is 296 g/mol. The molecule has 2 rings (SSSR count). The molecule has 1 unspecified atom stereocenters. The van der Waals surface area contributed by atoms with Gasteiger partial charge in [0.15, 0.2) is 5.75 Å². The van der Waals surface area contributed by atoms with Crippen molar-refractivity contribution in [3.05, 3.63) is 17.2 Å². The Kier molecular flexibility index (Phi) is 6.79. The third-order valence-electron chi connectivity index (χ3n) is 3.28. The Labute approximate surface area is 128 Å². The fourth-order valence-electron chi connectivity index (χ4n) is 2.12. The van der Waals surface area contributed by atoms with Crippen LogP contribution in [-0.4, -0.2) is 39.6 Å². The molecule has 1 aliphatic heterocycles. The zero-order chi connectivity index (χ0) is 15.3. The Bertz CT molecular complexity index is 474. The molecule has 20 heavy (non-hydrogen) atoms. The SMILES string of the molecule is CC.CN1CCC(S(=O)c2c(Cl)ccc(N)c2O)CC1. The van der Waals surface area contributed by atoms with Crippen molar-refractivity contribution in [2.75, 3.05) is 25.9 Å². The van der Waals surface area contributed by atoms with Crippen molar-refractivity contribution in [1.82, 2.24) is 4.90 Å². The maximum atomic E-state index is 12.5.